The number of benzene rings is 2. The lowest BCUT2D eigenvalue weighted by Gasteiger charge is -2.12. The summed E-state index contributed by atoms with van der Waals surface area (Å²) >= 11 is 0. The van der Waals surface area contributed by atoms with Crippen LogP contribution in [0.3, 0.4) is 0 Å². The van der Waals surface area contributed by atoms with Crippen LogP contribution < -0.4 is 10.6 Å². The van der Waals surface area contributed by atoms with Gasteiger partial charge in [-0.25, -0.2) is 14.4 Å². The van der Waals surface area contributed by atoms with E-state index in [1.54, 1.807) is 12.3 Å². The summed E-state index contributed by atoms with van der Waals surface area (Å²) in [7, 11) is 0. The van der Waals surface area contributed by atoms with Crippen LogP contribution in [0.2, 0.25) is 0 Å². The Labute approximate surface area is 178 Å². The van der Waals surface area contributed by atoms with Gasteiger partial charge in [-0.3, -0.25) is 9.20 Å². The molecule has 1 amide bonds. The molecular weight excluding hydrogens is 393 g/mol. The predicted octanol–water partition coefficient (Wildman–Crippen LogP) is 4.40. The number of nitrogens with one attached hydrogen (secondary N) is 2. The zero-order valence-electron chi connectivity index (χ0n) is 16.9. The van der Waals surface area contributed by atoms with Crippen molar-refractivity contribution in [1.29, 1.82) is 0 Å². The van der Waals surface area contributed by atoms with Crippen molar-refractivity contribution in [2.75, 3.05) is 11.9 Å². The van der Waals surface area contributed by atoms with Gasteiger partial charge in [0.25, 0.3) is 5.91 Å². The molecule has 2 saturated carbocycles. The summed E-state index contributed by atoms with van der Waals surface area (Å²) in [5, 5.41) is 6.43. The zero-order chi connectivity index (χ0) is 20.9. The number of fused-ring (bicyclic) bond motifs is 3. The van der Waals surface area contributed by atoms with Gasteiger partial charge in [-0.1, -0.05) is 12.1 Å². The van der Waals surface area contributed by atoms with Crippen molar-refractivity contribution in [1.82, 2.24) is 19.7 Å². The number of carbonyl (C=O) groups excluding carboxylic acids is 1. The van der Waals surface area contributed by atoms with Crippen LogP contribution in [0.4, 0.5) is 10.2 Å². The van der Waals surface area contributed by atoms with Crippen LogP contribution in [0.5, 0.6) is 0 Å². The molecule has 0 radical (unpaired) electrons. The summed E-state index contributed by atoms with van der Waals surface area (Å²) in [6, 6.07) is 12.4. The van der Waals surface area contributed by atoms with Gasteiger partial charge in [0.15, 0.2) is 11.5 Å². The number of amides is 1. The molecule has 2 N–H and O–H groups in total. The normalized spacial score (nSPS) is 16.0. The van der Waals surface area contributed by atoms with E-state index in [4.69, 9.17) is 4.98 Å². The summed E-state index contributed by atoms with van der Waals surface area (Å²) in [5.41, 5.74) is 4.40. The highest BCUT2D eigenvalue weighted by molar-refractivity contribution is 5.95. The minimum Gasteiger partial charge on any atom is -0.367 e. The van der Waals surface area contributed by atoms with Gasteiger partial charge in [-0.15, -0.1) is 0 Å². The molecule has 7 heteroatoms. The highest BCUT2D eigenvalue weighted by Gasteiger charge is 2.24. The lowest BCUT2D eigenvalue weighted by atomic mass is 10.1. The van der Waals surface area contributed by atoms with Crippen molar-refractivity contribution >= 4 is 28.4 Å². The first-order chi connectivity index (χ1) is 15.2. The molecule has 6 nitrogen and oxygen atoms in total. The van der Waals surface area contributed by atoms with E-state index < -0.39 is 0 Å². The van der Waals surface area contributed by atoms with E-state index in [0.717, 1.165) is 30.6 Å². The van der Waals surface area contributed by atoms with E-state index in [0.29, 0.717) is 40.0 Å². The van der Waals surface area contributed by atoms with E-state index in [-0.39, 0.29) is 11.7 Å². The smallest absolute Gasteiger partial charge is 0.251 e. The van der Waals surface area contributed by atoms with Crippen LogP contribution in [0.25, 0.3) is 27.9 Å². The Hall–Kier alpha value is -3.48. The van der Waals surface area contributed by atoms with Crippen molar-refractivity contribution < 1.29 is 9.18 Å². The van der Waals surface area contributed by atoms with Crippen molar-refractivity contribution in [3.8, 4) is 11.3 Å². The molecule has 0 aliphatic heterocycles. The maximum Gasteiger partial charge on any atom is 0.251 e. The molecule has 2 aromatic carbocycles. The fraction of sp³-hybridized carbons (Fsp3) is 0.292. The molecule has 31 heavy (non-hydrogen) atoms. The number of hydrogen-bond acceptors (Lipinski definition) is 4. The Balaban J connectivity index is 1.44. The summed E-state index contributed by atoms with van der Waals surface area (Å²) in [5.74, 6) is 1.03. The first kappa shape index (κ1) is 18.3. The van der Waals surface area contributed by atoms with Gasteiger partial charge in [0.1, 0.15) is 5.82 Å². The number of imidazole rings is 1. The quantitative estimate of drug-likeness (QED) is 0.490. The van der Waals surface area contributed by atoms with Crippen LogP contribution in [-0.2, 0) is 0 Å². The predicted molar refractivity (Wildman–Crippen MR) is 118 cm³/mol. The van der Waals surface area contributed by atoms with Crippen molar-refractivity contribution in [2.24, 2.45) is 5.92 Å². The third-order valence-corrected chi connectivity index (χ3v) is 5.99. The fourth-order valence-electron chi connectivity index (χ4n) is 3.88. The highest BCUT2D eigenvalue weighted by atomic mass is 19.1. The average Bonchev–Trinajstić information content (AvgIpc) is 3.71. The topological polar surface area (TPSA) is 71.3 Å². The third-order valence-electron chi connectivity index (χ3n) is 5.99. The summed E-state index contributed by atoms with van der Waals surface area (Å²) in [4.78, 5) is 21.6. The Kier molecular flexibility index (Phi) is 4.16. The van der Waals surface area contributed by atoms with Gasteiger partial charge < -0.3 is 10.6 Å². The number of anilines is 1. The second-order valence-corrected chi connectivity index (χ2v) is 8.55. The van der Waals surface area contributed by atoms with Gasteiger partial charge in [-0.2, -0.15) is 0 Å². The molecule has 156 valence electrons. The molecule has 2 aliphatic rings. The number of hydrogen-bond donors (Lipinski definition) is 2. The second kappa shape index (κ2) is 7.04. The number of aromatic nitrogens is 3. The van der Waals surface area contributed by atoms with Gasteiger partial charge in [0.2, 0.25) is 0 Å². The first-order valence-electron chi connectivity index (χ1n) is 10.8. The maximum atomic E-state index is 14.1. The van der Waals surface area contributed by atoms with E-state index >= 15 is 0 Å². The zero-order valence-corrected chi connectivity index (χ0v) is 16.9. The molecule has 4 aromatic rings. The molecule has 6 rings (SSSR count). The number of rotatable bonds is 6. The standard InChI is InChI=1S/C24H22FN5O/c25-17-7-10-19-20(11-17)30-21(13-27-23(30)22(29-19)26-12-14-1-2-14)15-3-5-16(6-4-15)24(31)28-18-8-9-18/h3-7,10-11,13-14,18H,1-2,8-9,12H2,(H,26,29)(H,28,31). The van der Waals surface area contributed by atoms with Crippen LogP contribution in [-0.4, -0.2) is 32.9 Å². The van der Waals surface area contributed by atoms with Crippen LogP contribution in [0.15, 0.2) is 48.7 Å². The van der Waals surface area contributed by atoms with Crippen molar-refractivity contribution in [2.45, 2.75) is 31.7 Å². The monoisotopic (exact) mass is 415 g/mol. The molecule has 0 bridgehead atoms. The molecular formula is C24H22FN5O. The summed E-state index contributed by atoms with van der Waals surface area (Å²) < 4.78 is 16.0. The van der Waals surface area contributed by atoms with Gasteiger partial charge in [0, 0.05) is 29.8 Å². The Bertz CT molecular complexity index is 1310. The van der Waals surface area contributed by atoms with Gasteiger partial charge >= 0.3 is 0 Å². The van der Waals surface area contributed by atoms with Crippen LogP contribution >= 0.6 is 0 Å². The molecule has 0 spiro atoms. The molecule has 2 heterocycles. The Morgan fingerprint density at radius 1 is 1.10 bits per heavy atom. The first-order valence-corrected chi connectivity index (χ1v) is 10.8. The lowest BCUT2D eigenvalue weighted by Crippen LogP contribution is -2.25. The number of nitrogens with zero attached hydrogens (tertiary/aromatic N) is 3. The minimum atomic E-state index is -0.318. The van der Waals surface area contributed by atoms with Crippen LogP contribution in [0, 0.1) is 11.7 Å². The average molecular weight is 415 g/mol. The third kappa shape index (κ3) is 3.50. The Morgan fingerprint density at radius 2 is 1.90 bits per heavy atom. The van der Waals surface area contributed by atoms with Gasteiger partial charge in [-0.05, 0) is 55.9 Å². The largest absolute Gasteiger partial charge is 0.367 e. The van der Waals surface area contributed by atoms with Crippen molar-refractivity contribution in [3.05, 3.63) is 60.0 Å². The highest BCUT2D eigenvalue weighted by Crippen LogP contribution is 2.32. The molecule has 2 aromatic heterocycles. The molecule has 0 saturated heterocycles. The molecule has 2 fully saturated rings. The lowest BCUT2D eigenvalue weighted by molar-refractivity contribution is 0.0951. The SMILES string of the molecule is O=C(NC1CC1)c1ccc(-c2cnc3c(NCC4CC4)nc4ccc(F)cc4n23)cc1. The van der Waals surface area contributed by atoms with Crippen molar-refractivity contribution in [3.63, 3.8) is 0 Å². The second-order valence-electron chi connectivity index (χ2n) is 8.55. The van der Waals surface area contributed by atoms with Crippen LogP contribution in [0.1, 0.15) is 36.0 Å². The summed E-state index contributed by atoms with van der Waals surface area (Å²) in [6.07, 6.45) is 6.37. The molecule has 0 atom stereocenters. The Morgan fingerprint density at radius 3 is 2.65 bits per heavy atom. The maximum absolute atomic E-state index is 14.1. The number of halogens is 1. The molecule has 0 unspecified atom stereocenters. The van der Waals surface area contributed by atoms with E-state index in [1.165, 1.54) is 25.0 Å². The fourth-order valence-corrected chi connectivity index (χ4v) is 3.88. The number of carbonyl (C=O) groups is 1. The summed E-state index contributed by atoms with van der Waals surface area (Å²) in [6.45, 7) is 0.863. The van der Waals surface area contributed by atoms with Gasteiger partial charge in [0.05, 0.1) is 22.9 Å². The van der Waals surface area contributed by atoms with E-state index in [9.17, 15) is 9.18 Å². The van der Waals surface area contributed by atoms with E-state index in [2.05, 4.69) is 15.6 Å². The molecule has 2 aliphatic carbocycles. The minimum absolute atomic E-state index is 0.0459. The van der Waals surface area contributed by atoms with E-state index in [1.807, 2.05) is 28.7 Å².